The van der Waals surface area contributed by atoms with Gasteiger partial charge in [0, 0.05) is 51.0 Å². The second-order valence-corrected chi connectivity index (χ2v) is 11.4. The molecule has 1 aromatic carbocycles. The number of hydrogen-bond donors (Lipinski definition) is 2. The number of piperidine rings is 1. The minimum Gasteiger partial charge on any atom is -0.379 e. The zero-order valence-electron chi connectivity index (χ0n) is 24.2. The van der Waals surface area contributed by atoms with Crippen molar-refractivity contribution in [1.82, 2.24) is 20.2 Å². The maximum atomic E-state index is 13.4. The monoisotopic (exact) mass is 591 g/mol. The van der Waals surface area contributed by atoms with Crippen LogP contribution in [-0.2, 0) is 20.4 Å². The summed E-state index contributed by atoms with van der Waals surface area (Å²) in [6, 6.07) is 5.77. The molecule has 9 nitrogen and oxygen atoms in total. The highest BCUT2D eigenvalue weighted by Crippen LogP contribution is 2.34. The Morgan fingerprint density at radius 3 is 2.57 bits per heavy atom. The Bertz CT molecular complexity index is 1190. The first-order valence-electron chi connectivity index (χ1n) is 14.8. The van der Waals surface area contributed by atoms with Crippen LogP contribution in [0.15, 0.2) is 30.6 Å². The van der Waals surface area contributed by atoms with Crippen molar-refractivity contribution in [2.24, 2.45) is 0 Å². The van der Waals surface area contributed by atoms with Gasteiger partial charge in [-0.2, -0.15) is 13.2 Å². The van der Waals surface area contributed by atoms with Crippen LogP contribution in [0, 0.1) is 6.92 Å². The molecule has 1 amide bonds. The fourth-order valence-electron chi connectivity index (χ4n) is 6.07. The molecule has 42 heavy (non-hydrogen) atoms. The summed E-state index contributed by atoms with van der Waals surface area (Å²) >= 11 is 0. The van der Waals surface area contributed by atoms with E-state index in [-0.39, 0.29) is 30.3 Å². The van der Waals surface area contributed by atoms with Crippen molar-refractivity contribution in [2.75, 3.05) is 45.3 Å². The van der Waals surface area contributed by atoms with Gasteiger partial charge in [-0.3, -0.25) is 4.79 Å². The summed E-state index contributed by atoms with van der Waals surface area (Å²) in [5, 5.41) is 7.03. The predicted molar refractivity (Wildman–Crippen MR) is 150 cm³/mol. The Morgan fingerprint density at radius 1 is 1.10 bits per heavy atom. The summed E-state index contributed by atoms with van der Waals surface area (Å²) < 4.78 is 56.1. The van der Waals surface area contributed by atoms with Gasteiger partial charge in [0.05, 0.1) is 30.5 Å². The Balaban J connectivity index is 1.13. The number of rotatable bonds is 8. The largest absolute Gasteiger partial charge is 0.416 e. The molecule has 2 N–H and O–H groups in total. The number of nitrogens with zero attached hydrogens (tertiary/aromatic N) is 3. The SMILES string of the molecule is COC1COCCC1NC1CCN(C(=O)c2ncnc(NC[C@@H]3CCC[C@H](c4ccc(C(F)(F)F)cc4)O3)c2C)CC1. The molecule has 0 spiro atoms. The number of aromatic nitrogens is 2. The molecule has 0 saturated carbocycles. The van der Waals surface area contributed by atoms with E-state index >= 15 is 0 Å². The lowest BCUT2D eigenvalue weighted by molar-refractivity contribution is -0.137. The molecule has 0 aliphatic carbocycles. The van der Waals surface area contributed by atoms with E-state index in [0.717, 1.165) is 62.8 Å². The molecule has 4 atom stereocenters. The van der Waals surface area contributed by atoms with Gasteiger partial charge in [0.1, 0.15) is 17.8 Å². The van der Waals surface area contributed by atoms with Gasteiger partial charge in [-0.05, 0) is 63.1 Å². The molecule has 230 valence electrons. The molecule has 0 bridgehead atoms. The lowest BCUT2D eigenvalue weighted by Crippen LogP contribution is -2.54. The van der Waals surface area contributed by atoms with E-state index < -0.39 is 11.7 Å². The number of nitrogens with one attached hydrogen (secondary N) is 2. The number of methoxy groups -OCH3 is 1. The van der Waals surface area contributed by atoms with E-state index in [1.54, 1.807) is 7.11 Å². The van der Waals surface area contributed by atoms with E-state index in [0.29, 0.717) is 49.4 Å². The Kier molecular flexibility index (Phi) is 9.97. The Labute approximate surface area is 244 Å². The molecular weight excluding hydrogens is 551 g/mol. The topological polar surface area (TPSA) is 97.8 Å². The first kappa shape index (κ1) is 30.7. The standard InChI is InChI=1S/C30H40F3N5O4/c1-19-27(29(39)38-13-10-22(11-14-38)37-24-12-15-41-17-26(24)40-2)35-18-36-28(19)34-16-23-4-3-5-25(42-23)20-6-8-21(9-7-20)30(31,32)33/h6-9,18,22-26,37H,3-5,10-17H2,1-2H3,(H,34,35,36)/t23-,24?,25+,26?/m0/s1. The van der Waals surface area contributed by atoms with Gasteiger partial charge in [-0.15, -0.1) is 0 Å². The average molecular weight is 592 g/mol. The summed E-state index contributed by atoms with van der Waals surface area (Å²) in [7, 11) is 1.71. The first-order valence-corrected chi connectivity index (χ1v) is 14.8. The second-order valence-electron chi connectivity index (χ2n) is 11.4. The smallest absolute Gasteiger partial charge is 0.379 e. The molecule has 4 heterocycles. The fraction of sp³-hybridized carbons (Fsp3) is 0.633. The van der Waals surface area contributed by atoms with Gasteiger partial charge in [0.2, 0.25) is 0 Å². The van der Waals surface area contributed by atoms with E-state index in [4.69, 9.17) is 14.2 Å². The van der Waals surface area contributed by atoms with Crippen molar-refractivity contribution >= 4 is 11.7 Å². The number of likely N-dealkylation sites (tertiary alicyclic amines) is 1. The molecular formula is C30H40F3N5O4. The normalized spacial score (nSPS) is 25.8. The van der Waals surface area contributed by atoms with E-state index in [9.17, 15) is 18.0 Å². The number of carbonyl (C=O) groups is 1. The maximum Gasteiger partial charge on any atom is 0.416 e. The number of alkyl halides is 3. The number of amides is 1. The number of ether oxygens (including phenoxy) is 3. The summed E-state index contributed by atoms with van der Waals surface area (Å²) in [5.74, 6) is 0.476. The lowest BCUT2D eigenvalue weighted by atomic mass is 9.97. The van der Waals surface area contributed by atoms with Gasteiger partial charge in [-0.1, -0.05) is 12.1 Å². The van der Waals surface area contributed by atoms with Crippen LogP contribution in [0.3, 0.4) is 0 Å². The summed E-state index contributed by atoms with van der Waals surface area (Å²) in [6.45, 7) is 4.92. The van der Waals surface area contributed by atoms with Gasteiger partial charge in [-0.25, -0.2) is 9.97 Å². The van der Waals surface area contributed by atoms with Crippen molar-refractivity contribution in [2.45, 2.75) is 82.0 Å². The number of benzene rings is 1. The fourth-order valence-corrected chi connectivity index (χ4v) is 6.07. The summed E-state index contributed by atoms with van der Waals surface area (Å²) in [5.41, 5.74) is 1.14. The van der Waals surface area contributed by atoms with Gasteiger partial charge >= 0.3 is 6.18 Å². The average Bonchev–Trinajstić information content (AvgIpc) is 3.01. The minimum atomic E-state index is -4.36. The minimum absolute atomic E-state index is 0.0442. The van der Waals surface area contributed by atoms with E-state index in [2.05, 4.69) is 20.6 Å². The molecule has 3 aliphatic rings. The zero-order chi connectivity index (χ0) is 29.7. The van der Waals surface area contributed by atoms with E-state index in [1.165, 1.54) is 18.5 Å². The molecule has 2 unspecified atom stereocenters. The van der Waals surface area contributed by atoms with E-state index in [1.807, 2.05) is 11.8 Å². The third-order valence-corrected chi connectivity index (χ3v) is 8.58. The van der Waals surface area contributed by atoms with Crippen LogP contribution < -0.4 is 10.6 Å². The number of hydrogen-bond acceptors (Lipinski definition) is 8. The van der Waals surface area contributed by atoms with Crippen LogP contribution >= 0.6 is 0 Å². The number of carbonyl (C=O) groups excluding carboxylic acids is 1. The number of anilines is 1. The number of halogens is 3. The van der Waals surface area contributed by atoms with Crippen molar-refractivity contribution in [3.8, 4) is 0 Å². The summed E-state index contributed by atoms with van der Waals surface area (Å²) in [6.07, 6.45) is 1.78. The van der Waals surface area contributed by atoms with Crippen molar-refractivity contribution in [3.63, 3.8) is 0 Å². The highest BCUT2D eigenvalue weighted by molar-refractivity contribution is 5.94. The predicted octanol–water partition coefficient (Wildman–Crippen LogP) is 4.52. The molecule has 2 aromatic rings. The van der Waals surface area contributed by atoms with Gasteiger partial charge < -0.3 is 29.7 Å². The van der Waals surface area contributed by atoms with Gasteiger partial charge in [0.25, 0.3) is 5.91 Å². The Morgan fingerprint density at radius 2 is 1.86 bits per heavy atom. The van der Waals surface area contributed by atoms with Crippen molar-refractivity contribution in [1.29, 1.82) is 0 Å². The Hall–Kier alpha value is -2.80. The molecule has 12 heteroatoms. The maximum absolute atomic E-state index is 13.4. The van der Waals surface area contributed by atoms with Gasteiger partial charge in [0.15, 0.2) is 0 Å². The highest BCUT2D eigenvalue weighted by atomic mass is 19.4. The van der Waals surface area contributed by atoms with Crippen LogP contribution in [0.25, 0.3) is 0 Å². The quantitative estimate of drug-likeness (QED) is 0.463. The van der Waals surface area contributed by atoms with Crippen LogP contribution in [0.1, 0.15) is 71.8 Å². The highest BCUT2D eigenvalue weighted by Gasteiger charge is 2.33. The molecule has 5 rings (SSSR count). The molecule has 0 radical (unpaired) electrons. The van der Waals surface area contributed by atoms with Crippen LogP contribution in [0.5, 0.6) is 0 Å². The molecule has 3 aliphatic heterocycles. The second kappa shape index (κ2) is 13.7. The van der Waals surface area contributed by atoms with Crippen LogP contribution in [-0.4, -0.2) is 85.0 Å². The summed E-state index contributed by atoms with van der Waals surface area (Å²) in [4.78, 5) is 24.0. The van der Waals surface area contributed by atoms with Crippen molar-refractivity contribution < 1.29 is 32.2 Å². The lowest BCUT2D eigenvalue weighted by Gasteiger charge is -2.38. The third kappa shape index (κ3) is 7.39. The molecule has 3 saturated heterocycles. The third-order valence-electron chi connectivity index (χ3n) is 8.58. The zero-order valence-corrected chi connectivity index (χ0v) is 24.2. The van der Waals surface area contributed by atoms with Crippen LogP contribution in [0.2, 0.25) is 0 Å². The van der Waals surface area contributed by atoms with Crippen LogP contribution in [0.4, 0.5) is 19.0 Å². The van der Waals surface area contributed by atoms with Crippen molar-refractivity contribution in [3.05, 3.63) is 53.0 Å². The molecule has 3 fully saturated rings. The molecule has 1 aromatic heterocycles. The first-order chi connectivity index (χ1) is 20.2.